The molecule has 0 aromatic rings. The number of aliphatic hydroxyl groups excluding tert-OH is 2. The Morgan fingerprint density at radius 1 is 1.41 bits per heavy atom. The van der Waals surface area contributed by atoms with Crippen LogP contribution in [-0.2, 0) is 23.8 Å². The van der Waals surface area contributed by atoms with Gasteiger partial charge in [-0.2, -0.15) is 0 Å². The van der Waals surface area contributed by atoms with E-state index in [1.165, 1.54) is 6.08 Å². The summed E-state index contributed by atoms with van der Waals surface area (Å²) in [6.07, 6.45) is -0.650. The Hall–Kier alpha value is -1.96. The Kier molecular flexibility index (Phi) is 4.10. The number of ether oxygens (including phenoxy) is 3. The van der Waals surface area contributed by atoms with Gasteiger partial charge in [0, 0.05) is 29.4 Å². The zero-order valence-electron chi connectivity index (χ0n) is 15.4. The van der Waals surface area contributed by atoms with E-state index in [1.807, 2.05) is 6.92 Å². The predicted molar refractivity (Wildman–Crippen MR) is 93.3 cm³/mol. The van der Waals surface area contributed by atoms with Crippen molar-refractivity contribution in [1.29, 1.82) is 0 Å². The standard InChI is InChI=1S/C20H24O7/c1-8(5-6-21)18(23)25-11-7-9(2)12-14(20(4)17(27-20)15(12)22)16-13(11)10(3)19(24)26-16/h5,11-17,21-22H,2-3,6-7H2,1,4H3/b8-5+/t11-,12-,13-,14-,15+,16+,17-,20+/m1/s1. The van der Waals surface area contributed by atoms with Gasteiger partial charge in [-0.3, -0.25) is 0 Å². The van der Waals surface area contributed by atoms with Gasteiger partial charge in [0.1, 0.15) is 23.9 Å². The molecule has 4 aliphatic rings. The monoisotopic (exact) mass is 376 g/mol. The van der Waals surface area contributed by atoms with Gasteiger partial charge in [0.15, 0.2) is 0 Å². The van der Waals surface area contributed by atoms with Crippen LogP contribution in [-0.4, -0.2) is 58.8 Å². The highest BCUT2D eigenvalue weighted by Gasteiger charge is 2.75. The highest BCUT2D eigenvalue weighted by atomic mass is 16.6. The summed E-state index contributed by atoms with van der Waals surface area (Å²) >= 11 is 0. The highest BCUT2D eigenvalue weighted by Crippen LogP contribution is 2.63. The highest BCUT2D eigenvalue weighted by molar-refractivity contribution is 5.92. The van der Waals surface area contributed by atoms with Crippen LogP contribution in [0.25, 0.3) is 0 Å². The Balaban J connectivity index is 1.69. The average Bonchev–Trinajstić information content (AvgIpc) is 3.16. The SMILES string of the molecule is C=C1C[C@@H](OC(=O)/C(C)=C/CO)[C@H]2C(=C)C(=O)O[C@@H]2[C@H]2[C@@H]1[C@H](O)[C@H]1O[C@@]21C. The Morgan fingerprint density at radius 3 is 2.78 bits per heavy atom. The van der Waals surface area contributed by atoms with Crippen molar-refractivity contribution in [2.75, 3.05) is 6.61 Å². The van der Waals surface area contributed by atoms with Gasteiger partial charge in [0.2, 0.25) is 0 Å². The van der Waals surface area contributed by atoms with Gasteiger partial charge in [-0.25, -0.2) is 9.59 Å². The number of hydrogen-bond acceptors (Lipinski definition) is 7. The molecule has 2 aliphatic heterocycles. The minimum absolute atomic E-state index is 0.261. The number of hydrogen-bond donors (Lipinski definition) is 2. The summed E-state index contributed by atoms with van der Waals surface area (Å²) in [5, 5.41) is 19.7. The molecule has 0 aromatic heterocycles. The van der Waals surface area contributed by atoms with Gasteiger partial charge in [-0.15, -0.1) is 0 Å². The van der Waals surface area contributed by atoms with Crippen molar-refractivity contribution in [1.82, 2.24) is 0 Å². The summed E-state index contributed by atoms with van der Waals surface area (Å²) in [7, 11) is 0. The third-order valence-electron chi connectivity index (χ3n) is 6.54. The molecule has 0 unspecified atom stereocenters. The molecule has 0 aromatic carbocycles. The smallest absolute Gasteiger partial charge is 0.334 e. The van der Waals surface area contributed by atoms with E-state index in [9.17, 15) is 14.7 Å². The van der Waals surface area contributed by atoms with Crippen molar-refractivity contribution in [2.45, 2.75) is 50.3 Å². The summed E-state index contributed by atoms with van der Waals surface area (Å²) in [6, 6.07) is 0. The van der Waals surface area contributed by atoms with E-state index in [4.69, 9.17) is 19.3 Å². The first-order chi connectivity index (χ1) is 12.7. The maximum absolute atomic E-state index is 12.4. The van der Waals surface area contributed by atoms with Crippen LogP contribution in [0.15, 0.2) is 36.0 Å². The number of fused-ring (bicyclic) bond motifs is 5. The average molecular weight is 376 g/mol. The Bertz CT molecular complexity index is 768. The first-order valence-corrected chi connectivity index (χ1v) is 9.12. The van der Waals surface area contributed by atoms with Crippen LogP contribution in [0, 0.1) is 17.8 Å². The quantitative estimate of drug-likeness (QED) is 0.323. The summed E-state index contributed by atoms with van der Waals surface area (Å²) in [5.41, 5.74) is 0.700. The zero-order valence-corrected chi connectivity index (χ0v) is 15.4. The molecule has 2 saturated heterocycles. The van der Waals surface area contributed by atoms with Gasteiger partial charge >= 0.3 is 11.9 Å². The topological polar surface area (TPSA) is 106 Å². The lowest BCUT2D eigenvalue weighted by Gasteiger charge is -2.31. The van der Waals surface area contributed by atoms with E-state index in [2.05, 4.69) is 13.2 Å². The van der Waals surface area contributed by atoms with Crippen LogP contribution in [0.1, 0.15) is 20.3 Å². The maximum Gasteiger partial charge on any atom is 0.334 e. The zero-order chi connectivity index (χ0) is 19.7. The van der Waals surface area contributed by atoms with Crippen molar-refractivity contribution in [2.24, 2.45) is 17.8 Å². The number of aliphatic hydroxyl groups is 2. The molecular weight excluding hydrogens is 352 g/mol. The van der Waals surface area contributed by atoms with Gasteiger partial charge in [-0.05, 0) is 19.9 Å². The van der Waals surface area contributed by atoms with E-state index >= 15 is 0 Å². The number of carbonyl (C=O) groups is 2. The van der Waals surface area contributed by atoms with E-state index in [1.54, 1.807) is 6.92 Å². The molecule has 4 rings (SSSR count). The minimum Gasteiger partial charge on any atom is -0.458 e. The van der Waals surface area contributed by atoms with Crippen molar-refractivity contribution >= 4 is 11.9 Å². The third-order valence-corrected chi connectivity index (χ3v) is 6.54. The fourth-order valence-electron chi connectivity index (χ4n) is 5.13. The molecule has 27 heavy (non-hydrogen) atoms. The molecule has 0 spiro atoms. The molecule has 2 saturated carbocycles. The summed E-state index contributed by atoms with van der Waals surface area (Å²) in [5.74, 6) is -2.18. The Morgan fingerprint density at radius 2 is 2.11 bits per heavy atom. The molecule has 2 N–H and O–H groups in total. The number of esters is 2. The van der Waals surface area contributed by atoms with Crippen LogP contribution in [0.2, 0.25) is 0 Å². The van der Waals surface area contributed by atoms with Gasteiger partial charge in [-0.1, -0.05) is 18.7 Å². The minimum atomic E-state index is -0.730. The van der Waals surface area contributed by atoms with Crippen molar-refractivity contribution in [3.63, 3.8) is 0 Å². The van der Waals surface area contributed by atoms with Gasteiger partial charge in [0.25, 0.3) is 0 Å². The number of carbonyl (C=O) groups excluding carboxylic acids is 2. The first-order valence-electron chi connectivity index (χ1n) is 9.12. The molecule has 2 aliphatic carbocycles. The molecular formula is C20H24O7. The van der Waals surface area contributed by atoms with Crippen LogP contribution >= 0.6 is 0 Å². The molecule has 0 radical (unpaired) electrons. The number of rotatable bonds is 3. The second-order valence-corrected chi connectivity index (χ2v) is 8.06. The number of epoxide rings is 1. The molecule has 146 valence electrons. The van der Waals surface area contributed by atoms with Gasteiger partial charge in [0.05, 0.1) is 18.6 Å². The van der Waals surface area contributed by atoms with Crippen molar-refractivity contribution < 1.29 is 34.0 Å². The summed E-state index contributed by atoms with van der Waals surface area (Å²) in [4.78, 5) is 24.6. The largest absolute Gasteiger partial charge is 0.458 e. The first kappa shape index (κ1) is 18.4. The van der Waals surface area contributed by atoms with Crippen LogP contribution in [0.5, 0.6) is 0 Å². The summed E-state index contributed by atoms with van der Waals surface area (Å²) < 4.78 is 17.0. The van der Waals surface area contributed by atoms with E-state index in [0.29, 0.717) is 6.42 Å². The van der Waals surface area contributed by atoms with Crippen LogP contribution in [0.4, 0.5) is 0 Å². The lowest BCUT2D eigenvalue weighted by molar-refractivity contribution is -0.149. The fraction of sp³-hybridized carbons (Fsp3) is 0.600. The maximum atomic E-state index is 12.4. The molecule has 7 nitrogen and oxygen atoms in total. The molecule has 2 heterocycles. The fourth-order valence-corrected chi connectivity index (χ4v) is 5.13. The summed E-state index contributed by atoms with van der Waals surface area (Å²) in [6.45, 7) is 11.2. The predicted octanol–water partition coefficient (Wildman–Crippen LogP) is 0.659. The lowest BCUT2D eigenvalue weighted by Crippen LogP contribution is -2.41. The van der Waals surface area contributed by atoms with E-state index in [-0.39, 0.29) is 35.7 Å². The lowest BCUT2D eigenvalue weighted by atomic mass is 9.78. The van der Waals surface area contributed by atoms with E-state index < -0.39 is 41.8 Å². The van der Waals surface area contributed by atoms with Crippen LogP contribution < -0.4 is 0 Å². The van der Waals surface area contributed by atoms with Crippen molar-refractivity contribution in [3.8, 4) is 0 Å². The second kappa shape index (κ2) is 6.02. The second-order valence-electron chi connectivity index (χ2n) is 8.06. The molecule has 7 heteroatoms. The molecule has 0 bridgehead atoms. The van der Waals surface area contributed by atoms with Crippen LogP contribution in [0.3, 0.4) is 0 Å². The molecule has 8 atom stereocenters. The molecule has 4 fully saturated rings. The molecule has 0 amide bonds. The van der Waals surface area contributed by atoms with Gasteiger partial charge < -0.3 is 24.4 Å². The Labute approximate surface area is 157 Å². The normalized spacial score (nSPS) is 45.6. The van der Waals surface area contributed by atoms with Crippen molar-refractivity contribution in [3.05, 3.63) is 36.0 Å². The third kappa shape index (κ3) is 2.52. The van der Waals surface area contributed by atoms with E-state index in [0.717, 1.165) is 5.57 Å².